The van der Waals surface area contributed by atoms with Crippen LogP contribution in [-0.4, -0.2) is 47.6 Å². The van der Waals surface area contributed by atoms with Gasteiger partial charge in [0, 0.05) is 56.0 Å². The van der Waals surface area contributed by atoms with Crippen LogP contribution >= 0.6 is 0 Å². The number of hydrogen-bond donors (Lipinski definition) is 2. The average molecular weight is 453 g/mol. The Bertz CT molecular complexity index is 1030. The van der Waals surface area contributed by atoms with Crippen LogP contribution in [-0.2, 0) is 11.3 Å². The van der Waals surface area contributed by atoms with Gasteiger partial charge in [-0.25, -0.2) is 4.79 Å². The first-order valence-electron chi connectivity index (χ1n) is 11.8. The van der Waals surface area contributed by atoms with Gasteiger partial charge < -0.3 is 24.8 Å². The third-order valence-corrected chi connectivity index (χ3v) is 6.30. The molecule has 4 rings (SSSR count). The van der Waals surface area contributed by atoms with E-state index in [2.05, 4.69) is 17.6 Å². The number of amides is 3. The lowest BCUT2D eigenvalue weighted by molar-refractivity contribution is -0.116. The van der Waals surface area contributed by atoms with Gasteiger partial charge in [0.1, 0.15) is 5.75 Å². The first kappa shape index (κ1) is 22.9. The van der Waals surface area contributed by atoms with Crippen LogP contribution in [0.2, 0.25) is 0 Å². The number of aromatic nitrogens is 1. The smallest absolute Gasteiger partial charge is 0.317 e. The fourth-order valence-electron chi connectivity index (χ4n) is 4.65. The second kappa shape index (κ2) is 10.6. The van der Waals surface area contributed by atoms with Crippen LogP contribution in [0.3, 0.4) is 0 Å². The number of fused-ring (bicyclic) bond motifs is 4. The lowest BCUT2D eigenvalue weighted by atomic mass is 9.83. The Labute approximate surface area is 193 Å². The van der Waals surface area contributed by atoms with Gasteiger partial charge >= 0.3 is 6.03 Å². The summed E-state index contributed by atoms with van der Waals surface area (Å²) in [5.41, 5.74) is 1.74. The number of rotatable bonds is 8. The second-order valence-corrected chi connectivity index (χ2v) is 8.86. The first-order valence-corrected chi connectivity index (χ1v) is 11.8. The molecule has 0 spiro atoms. The molecule has 0 saturated carbocycles. The number of ether oxygens (including phenoxy) is 1. The number of piperidine rings is 1. The molecule has 2 aliphatic rings. The van der Waals surface area contributed by atoms with Crippen LogP contribution in [0, 0.1) is 5.92 Å². The van der Waals surface area contributed by atoms with Crippen LogP contribution in [0.4, 0.5) is 10.5 Å². The van der Waals surface area contributed by atoms with Crippen molar-refractivity contribution in [2.24, 2.45) is 5.92 Å². The van der Waals surface area contributed by atoms with Gasteiger partial charge in [-0.15, -0.1) is 0 Å². The maximum atomic E-state index is 12.7. The molecule has 3 amide bonds. The van der Waals surface area contributed by atoms with Gasteiger partial charge in [0.15, 0.2) is 0 Å². The number of pyridine rings is 1. The molecule has 3 heterocycles. The lowest BCUT2D eigenvalue weighted by Gasteiger charge is -2.42. The van der Waals surface area contributed by atoms with Gasteiger partial charge in [0.25, 0.3) is 5.56 Å². The SMILES string of the molecule is CCCCOc1ccc(NC(=O)CCNC(=O)N2C[C@@H]3C[C@H](C2)c2cccc(=O)n2C3)cc1. The summed E-state index contributed by atoms with van der Waals surface area (Å²) in [5, 5.41) is 5.72. The molecule has 33 heavy (non-hydrogen) atoms. The zero-order chi connectivity index (χ0) is 23.2. The molecule has 2 aromatic rings. The van der Waals surface area contributed by atoms with Gasteiger partial charge in [-0.3, -0.25) is 9.59 Å². The minimum atomic E-state index is -0.155. The van der Waals surface area contributed by atoms with Crippen molar-refractivity contribution in [1.82, 2.24) is 14.8 Å². The summed E-state index contributed by atoms with van der Waals surface area (Å²) in [6, 6.07) is 12.5. The Kier molecular flexibility index (Phi) is 7.32. The number of hydrogen-bond acceptors (Lipinski definition) is 4. The summed E-state index contributed by atoms with van der Waals surface area (Å²) in [4.78, 5) is 38.9. The molecule has 1 fully saturated rings. The van der Waals surface area contributed by atoms with Crippen molar-refractivity contribution in [2.45, 2.75) is 45.1 Å². The third kappa shape index (κ3) is 5.74. The van der Waals surface area contributed by atoms with E-state index in [0.29, 0.717) is 31.9 Å². The zero-order valence-electron chi connectivity index (χ0n) is 19.1. The van der Waals surface area contributed by atoms with E-state index in [9.17, 15) is 14.4 Å². The van der Waals surface area contributed by atoms with E-state index in [1.807, 2.05) is 39.8 Å². The van der Waals surface area contributed by atoms with E-state index < -0.39 is 0 Å². The number of carbonyl (C=O) groups is 2. The molecule has 1 saturated heterocycles. The Balaban J connectivity index is 1.21. The first-order chi connectivity index (χ1) is 16.0. The second-order valence-electron chi connectivity index (χ2n) is 8.86. The predicted molar refractivity (Wildman–Crippen MR) is 127 cm³/mol. The molecule has 2 atom stereocenters. The topological polar surface area (TPSA) is 92.7 Å². The largest absolute Gasteiger partial charge is 0.494 e. The van der Waals surface area contributed by atoms with Crippen LogP contribution < -0.4 is 20.9 Å². The summed E-state index contributed by atoms with van der Waals surface area (Å²) < 4.78 is 7.48. The number of benzene rings is 1. The molecule has 0 unspecified atom stereocenters. The minimum absolute atomic E-state index is 0.0322. The van der Waals surface area contributed by atoms with Crippen molar-refractivity contribution in [3.63, 3.8) is 0 Å². The molecule has 0 aliphatic carbocycles. The number of nitrogens with zero attached hydrogens (tertiary/aromatic N) is 2. The molecular weight excluding hydrogens is 420 g/mol. The standard InChI is InChI=1S/C25H32N4O4/c1-2-3-13-33-21-9-7-20(8-10-21)27-23(30)11-12-26-25(32)28-15-18-14-19(17-28)22-5-4-6-24(31)29(22)16-18/h4-10,18-19H,2-3,11-17H2,1H3,(H,26,32)(H,27,30)/t18-,19+/m0/s1. The maximum absolute atomic E-state index is 12.7. The van der Waals surface area contributed by atoms with Crippen molar-refractivity contribution < 1.29 is 14.3 Å². The van der Waals surface area contributed by atoms with E-state index in [4.69, 9.17) is 4.74 Å². The molecule has 2 aliphatic heterocycles. The van der Waals surface area contributed by atoms with E-state index in [1.54, 1.807) is 12.1 Å². The van der Waals surface area contributed by atoms with E-state index in [0.717, 1.165) is 30.7 Å². The highest BCUT2D eigenvalue weighted by Gasteiger charge is 2.36. The number of nitrogens with one attached hydrogen (secondary N) is 2. The number of urea groups is 1. The highest BCUT2D eigenvalue weighted by atomic mass is 16.5. The molecule has 8 nitrogen and oxygen atoms in total. The van der Waals surface area contributed by atoms with Crippen molar-refractivity contribution in [2.75, 3.05) is 31.6 Å². The van der Waals surface area contributed by atoms with E-state index >= 15 is 0 Å². The van der Waals surface area contributed by atoms with Crippen molar-refractivity contribution >= 4 is 17.6 Å². The number of likely N-dealkylation sites (tertiary alicyclic amines) is 1. The van der Waals surface area contributed by atoms with Gasteiger partial charge in [-0.1, -0.05) is 19.4 Å². The summed E-state index contributed by atoms with van der Waals surface area (Å²) in [6.07, 6.45) is 3.28. The van der Waals surface area contributed by atoms with Gasteiger partial charge in [-0.05, 0) is 49.1 Å². The van der Waals surface area contributed by atoms with Crippen LogP contribution in [0.15, 0.2) is 47.3 Å². The molecule has 2 N–H and O–H groups in total. The third-order valence-electron chi connectivity index (χ3n) is 6.30. The summed E-state index contributed by atoms with van der Waals surface area (Å²) >= 11 is 0. The molecule has 0 radical (unpaired) electrons. The summed E-state index contributed by atoms with van der Waals surface area (Å²) in [6.45, 7) is 4.94. The molecule has 1 aromatic heterocycles. The average Bonchev–Trinajstić information content (AvgIpc) is 2.81. The number of anilines is 1. The minimum Gasteiger partial charge on any atom is -0.494 e. The van der Waals surface area contributed by atoms with Crippen molar-refractivity contribution in [3.05, 3.63) is 58.5 Å². The monoisotopic (exact) mass is 452 g/mol. The number of unbranched alkanes of at least 4 members (excludes halogenated alkanes) is 1. The van der Waals surface area contributed by atoms with Crippen LogP contribution in [0.25, 0.3) is 0 Å². The Morgan fingerprint density at radius 1 is 1.09 bits per heavy atom. The summed E-state index contributed by atoms with van der Waals surface area (Å²) in [5.74, 6) is 1.08. The van der Waals surface area contributed by atoms with Crippen LogP contribution in [0.1, 0.15) is 44.2 Å². The van der Waals surface area contributed by atoms with Gasteiger partial charge in [-0.2, -0.15) is 0 Å². The number of carbonyl (C=O) groups excluding carboxylic acids is 2. The quantitative estimate of drug-likeness (QED) is 0.602. The Hall–Kier alpha value is -3.29. The van der Waals surface area contributed by atoms with Crippen molar-refractivity contribution in [3.8, 4) is 5.75 Å². The summed E-state index contributed by atoms with van der Waals surface area (Å²) in [7, 11) is 0. The molecule has 1 aromatic carbocycles. The highest BCUT2D eigenvalue weighted by Crippen LogP contribution is 2.34. The molecular formula is C25H32N4O4. The van der Waals surface area contributed by atoms with Crippen LogP contribution in [0.5, 0.6) is 5.75 Å². The zero-order valence-corrected chi connectivity index (χ0v) is 19.1. The fraction of sp³-hybridized carbons (Fsp3) is 0.480. The molecule has 2 bridgehead atoms. The van der Waals surface area contributed by atoms with Gasteiger partial charge in [0.05, 0.1) is 6.61 Å². The van der Waals surface area contributed by atoms with E-state index in [1.165, 1.54) is 0 Å². The Morgan fingerprint density at radius 3 is 2.70 bits per heavy atom. The van der Waals surface area contributed by atoms with E-state index in [-0.39, 0.29) is 42.3 Å². The van der Waals surface area contributed by atoms with Gasteiger partial charge in [0.2, 0.25) is 5.91 Å². The van der Waals surface area contributed by atoms with Crippen molar-refractivity contribution in [1.29, 1.82) is 0 Å². The lowest BCUT2D eigenvalue weighted by Crippen LogP contribution is -2.52. The predicted octanol–water partition coefficient (Wildman–Crippen LogP) is 3.18. The normalized spacial score (nSPS) is 18.9. The fourth-order valence-corrected chi connectivity index (χ4v) is 4.65. The molecule has 176 valence electrons. The molecule has 8 heteroatoms. The Morgan fingerprint density at radius 2 is 1.91 bits per heavy atom. The maximum Gasteiger partial charge on any atom is 0.317 e. The highest BCUT2D eigenvalue weighted by molar-refractivity contribution is 5.91.